The Morgan fingerprint density at radius 3 is 1.91 bits per heavy atom. The van der Waals surface area contributed by atoms with Gasteiger partial charge >= 0.3 is 5.97 Å². The van der Waals surface area contributed by atoms with Crippen molar-refractivity contribution >= 4 is 5.97 Å². The molecule has 0 spiro atoms. The summed E-state index contributed by atoms with van der Waals surface area (Å²) in [6.07, 6.45) is 0.918. The van der Waals surface area contributed by atoms with Gasteiger partial charge in [0.1, 0.15) is 23.0 Å². The number of fused-ring (bicyclic) bond motifs is 1. The lowest BCUT2D eigenvalue weighted by Gasteiger charge is -2.28. The van der Waals surface area contributed by atoms with Gasteiger partial charge in [-0.25, -0.2) is 0 Å². The Bertz CT molecular complexity index is 1020. The topological polar surface area (TPSA) is 35.5 Å². The minimum atomic E-state index is -0.418. The van der Waals surface area contributed by atoms with Crippen LogP contribution in [-0.2, 0) is 15.6 Å². The van der Waals surface area contributed by atoms with Gasteiger partial charge in [0.05, 0.1) is 0 Å². The molecule has 0 N–H and O–H groups in total. The van der Waals surface area contributed by atoms with Gasteiger partial charge in [0.25, 0.3) is 0 Å². The molecule has 0 radical (unpaired) electrons. The quantitative estimate of drug-likeness (QED) is 0.367. The van der Waals surface area contributed by atoms with Crippen LogP contribution in [0.4, 0.5) is 0 Å². The lowest BCUT2D eigenvalue weighted by atomic mass is 9.77. The summed E-state index contributed by atoms with van der Waals surface area (Å²) < 4.78 is 12.3. The Balaban J connectivity index is 2.18. The second kappa shape index (κ2) is 7.93. The smallest absolute Gasteiger partial charge is 0.323 e. The summed E-state index contributed by atoms with van der Waals surface area (Å²) in [7, 11) is 0. The molecule has 1 aliphatic heterocycles. The van der Waals surface area contributed by atoms with Crippen molar-refractivity contribution in [2.45, 2.75) is 105 Å². The molecule has 0 amide bonds. The minimum Gasteiger partial charge on any atom is -0.487 e. The molecule has 1 aliphatic rings. The largest absolute Gasteiger partial charge is 0.487 e. The maximum absolute atomic E-state index is 13.2. The van der Waals surface area contributed by atoms with Crippen molar-refractivity contribution in [3.63, 3.8) is 0 Å². The van der Waals surface area contributed by atoms with E-state index in [1.165, 1.54) is 5.56 Å². The number of ether oxygens (including phenoxy) is 2. The molecule has 3 nitrogen and oxygen atoms in total. The van der Waals surface area contributed by atoms with E-state index in [1.54, 1.807) is 0 Å². The molecule has 32 heavy (non-hydrogen) atoms. The molecule has 0 aromatic heterocycles. The third kappa shape index (κ3) is 4.58. The highest BCUT2D eigenvalue weighted by atomic mass is 16.5. The highest BCUT2D eigenvalue weighted by Gasteiger charge is 2.40. The predicted molar refractivity (Wildman–Crippen MR) is 132 cm³/mol. The SMILES string of the molecule is CCC(C)(C)Oc1c(C)cc(C2C(=O)Oc3c2cc(C(C)(C)C)cc3C(C)(C)C)cc1C. The zero-order chi connectivity index (χ0) is 24.2. The zero-order valence-electron chi connectivity index (χ0n) is 21.8. The van der Waals surface area contributed by atoms with Gasteiger partial charge in [-0.2, -0.15) is 0 Å². The molecule has 0 bridgehead atoms. The molecule has 0 saturated heterocycles. The standard InChI is InChI=1S/C29H40O3/c1-12-29(10,11)32-24-17(2)13-19(14-18(24)3)23-21-15-20(27(4,5)6)16-22(28(7,8)9)25(21)31-26(23)30/h13-16,23H,12H2,1-11H3. The van der Waals surface area contributed by atoms with Crippen molar-refractivity contribution in [3.05, 3.63) is 57.6 Å². The number of benzene rings is 2. The fraction of sp³-hybridized carbons (Fsp3) is 0.552. The highest BCUT2D eigenvalue weighted by Crippen LogP contribution is 2.48. The van der Waals surface area contributed by atoms with E-state index in [4.69, 9.17) is 9.47 Å². The number of hydrogen-bond donors (Lipinski definition) is 0. The Morgan fingerprint density at radius 1 is 0.875 bits per heavy atom. The van der Waals surface area contributed by atoms with Gasteiger partial charge in [0.2, 0.25) is 0 Å². The average Bonchev–Trinajstić information content (AvgIpc) is 2.97. The highest BCUT2D eigenvalue weighted by molar-refractivity contribution is 5.90. The third-order valence-corrected chi connectivity index (χ3v) is 6.59. The number of aryl methyl sites for hydroxylation is 2. The summed E-state index contributed by atoms with van der Waals surface area (Å²) in [4.78, 5) is 13.2. The minimum absolute atomic E-state index is 0.0273. The van der Waals surface area contributed by atoms with Crippen LogP contribution in [0.2, 0.25) is 0 Å². The zero-order valence-corrected chi connectivity index (χ0v) is 21.8. The van der Waals surface area contributed by atoms with E-state index in [9.17, 15) is 4.79 Å². The van der Waals surface area contributed by atoms with Crippen LogP contribution in [0, 0.1) is 13.8 Å². The van der Waals surface area contributed by atoms with Crippen LogP contribution in [0.25, 0.3) is 0 Å². The molecule has 1 heterocycles. The van der Waals surface area contributed by atoms with Gasteiger partial charge in [-0.05, 0) is 67.2 Å². The summed E-state index contributed by atoms with van der Waals surface area (Å²) in [6, 6.07) is 8.58. The van der Waals surface area contributed by atoms with Crippen LogP contribution >= 0.6 is 0 Å². The number of hydrogen-bond acceptors (Lipinski definition) is 3. The van der Waals surface area contributed by atoms with Gasteiger partial charge in [0.15, 0.2) is 0 Å². The van der Waals surface area contributed by atoms with Crippen LogP contribution in [0.5, 0.6) is 11.5 Å². The van der Waals surface area contributed by atoms with Crippen molar-refractivity contribution < 1.29 is 14.3 Å². The first-order valence-electron chi connectivity index (χ1n) is 11.8. The number of carbonyl (C=O) groups is 1. The van der Waals surface area contributed by atoms with E-state index < -0.39 is 5.92 Å². The van der Waals surface area contributed by atoms with Crippen molar-refractivity contribution in [1.29, 1.82) is 0 Å². The van der Waals surface area contributed by atoms with E-state index >= 15 is 0 Å². The van der Waals surface area contributed by atoms with Crippen molar-refractivity contribution in [1.82, 2.24) is 0 Å². The summed E-state index contributed by atoms with van der Waals surface area (Å²) in [5.41, 5.74) is 5.97. The molecule has 3 rings (SSSR count). The summed E-state index contributed by atoms with van der Waals surface area (Å²) >= 11 is 0. The monoisotopic (exact) mass is 436 g/mol. The van der Waals surface area contributed by atoms with E-state index in [2.05, 4.69) is 100 Å². The Morgan fingerprint density at radius 2 is 1.44 bits per heavy atom. The maximum atomic E-state index is 13.2. The first-order valence-corrected chi connectivity index (χ1v) is 11.8. The Kier molecular flexibility index (Phi) is 6.04. The molecule has 3 heteroatoms. The predicted octanol–water partition coefficient (Wildman–Crippen LogP) is 7.52. The molecule has 0 fully saturated rings. The van der Waals surface area contributed by atoms with Crippen LogP contribution in [0.15, 0.2) is 24.3 Å². The van der Waals surface area contributed by atoms with Gasteiger partial charge < -0.3 is 9.47 Å². The lowest BCUT2D eigenvalue weighted by Crippen LogP contribution is -2.27. The molecular formula is C29H40O3. The molecule has 2 aromatic carbocycles. The third-order valence-electron chi connectivity index (χ3n) is 6.59. The molecular weight excluding hydrogens is 396 g/mol. The second-order valence-corrected chi connectivity index (χ2v) is 12.0. The normalized spacial score (nSPS) is 16.7. The molecule has 2 aromatic rings. The molecule has 1 atom stereocenters. The Hall–Kier alpha value is -2.29. The fourth-order valence-corrected chi connectivity index (χ4v) is 4.23. The van der Waals surface area contributed by atoms with E-state index in [0.29, 0.717) is 0 Å². The van der Waals surface area contributed by atoms with Gasteiger partial charge in [-0.1, -0.05) is 72.7 Å². The maximum Gasteiger partial charge on any atom is 0.323 e. The average molecular weight is 437 g/mol. The van der Waals surface area contributed by atoms with Crippen LogP contribution in [-0.4, -0.2) is 11.6 Å². The number of carbonyl (C=O) groups excluding carboxylic acids is 1. The molecule has 1 unspecified atom stereocenters. The Labute approximate surface area is 194 Å². The second-order valence-electron chi connectivity index (χ2n) is 12.0. The first kappa shape index (κ1) is 24.4. The van der Waals surface area contributed by atoms with E-state index in [0.717, 1.165) is 45.7 Å². The molecule has 0 saturated carbocycles. The van der Waals surface area contributed by atoms with Gasteiger partial charge in [-0.3, -0.25) is 4.79 Å². The van der Waals surface area contributed by atoms with E-state index in [1.807, 2.05) is 0 Å². The van der Waals surface area contributed by atoms with Gasteiger partial charge in [0, 0.05) is 11.1 Å². The van der Waals surface area contributed by atoms with Crippen molar-refractivity contribution in [2.24, 2.45) is 0 Å². The van der Waals surface area contributed by atoms with E-state index in [-0.39, 0.29) is 22.4 Å². The first-order chi connectivity index (χ1) is 14.5. The molecule has 0 aliphatic carbocycles. The van der Waals surface area contributed by atoms with Crippen molar-refractivity contribution in [3.8, 4) is 11.5 Å². The number of rotatable bonds is 4. The van der Waals surface area contributed by atoms with Crippen molar-refractivity contribution in [2.75, 3.05) is 0 Å². The lowest BCUT2D eigenvalue weighted by molar-refractivity contribution is -0.133. The van der Waals surface area contributed by atoms with Crippen LogP contribution in [0.3, 0.4) is 0 Å². The van der Waals surface area contributed by atoms with Crippen LogP contribution < -0.4 is 9.47 Å². The summed E-state index contributed by atoms with van der Waals surface area (Å²) in [5.74, 6) is 1.03. The van der Waals surface area contributed by atoms with Gasteiger partial charge in [-0.15, -0.1) is 0 Å². The number of esters is 1. The summed E-state index contributed by atoms with van der Waals surface area (Å²) in [6.45, 7) is 23.6. The fourth-order valence-electron chi connectivity index (χ4n) is 4.23. The molecule has 174 valence electrons. The summed E-state index contributed by atoms with van der Waals surface area (Å²) in [5, 5.41) is 0. The van der Waals surface area contributed by atoms with Crippen LogP contribution in [0.1, 0.15) is 108 Å².